The number of hydrogen-bond acceptors (Lipinski definition) is 6. The molecule has 0 radical (unpaired) electrons. The van der Waals surface area contributed by atoms with Crippen molar-refractivity contribution in [3.8, 4) is 5.95 Å². The van der Waals surface area contributed by atoms with E-state index in [0.717, 1.165) is 0 Å². The maximum absolute atomic E-state index is 12.2. The number of ether oxygens (including phenoxy) is 1. The molecular weight excluding hydrogens is 282 g/mol. The van der Waals surface area contributed by atoms with Crippen LogP contribution in [0.4, 0.5) is 0 Å². The van der Waals surface area contributed by atoms with Crippen molar-refractivity contribution < 1.29 is 9.53 Å². The third-order valence-electron chi connectivity index (χ3n) is 3.18. The summed E-state index contributed by atoms with van der Waals surface area (Å²) in [5.74, 6) is 0.0307. The quantitative estimate of drug-likeness (QED) is 0.688. The fourth-order valence-electron chi connectivity index (χ4n) is 2.32. The van der Waals surface area contributed by atoms with Gasteiger partial charge in [0, 0.05) is 18.1 Å². The first kappa shape index (κ1) is 14.1. The minimum absolute atomic E-state index is 0.316. The number of pyridine rings is 1. The van der Waals surface area contributed by atoms with Gasteiger partial charge in [-0.25, -0.2) is 19.7 Å². The van der Waals surface area contributed by atoms with Crippen LogP contribution in [-0.4, -0.2) is 37.3 Å². The van der Waals surface area contributed by atoms with Crippen LogP contribution in [0.25, 0.3) is 17.0 Å². The Morgan fingerprint density at radius 3 is 2.68 bits per heavy atom. The summed E-state index contributed by atoms with van der Waals surface area (Å²) >= 11 is 0. The van der Waals surface area contributed by atoms with Gasteiger partial charge in [-0.2, -0.15) is 9.78 Å². The molecular formula is C15H15N5O2. The van der Waals surface area contributed by atoms with Crippen LogP contribution in [0, 0.1) is 13.8 Å². The van der Waals surface area contributed by atoms with Gasteiger partial charge in [0.1, 0.15) is 0 Å². The molecule has 3 aromatic rings. The summed E-state index contributed by atoms with van der Waals surface area (Å²) in [6.07, 6.45) is 3.26. The summed E-state index contributed by atoms with van der Waals surface area (Å²) in [6.45, 7) is 5.73. The first-order valence-electron chi connectivity index (χ1n) is 6.93. The summed E-state index contributed by atoms with van der Waals surface area (Å²) in [6, 6.07) is 3.44. The number of aromatic nitrogens is 5. The van der Waals surface area contributed by atoms with Gasteiger partial charge in [-0.1, -0.05) is 0 Å². The molecule has 0 N–H and O–H groups in total. The van der Waals surface area contributed by atoms with Crippen LogP contribution in [-0.2, 0) is 4.74 Å². The van der Waals surface area contributed by atoms with E-state index in [1.165, 1.54) is 0 Å². The molecule has 3 rings (SSSR count). The minimum Gasteiger partial charge on any atom is -0.462 e. The number of hydrogen-bond donors (Lipinski definition) is 0. The second-order valence-corrected chi connectivity index (χ2v) is 4.78. The van der Waals surface area contributed by atoms with Gasteiger partial charge < -0.3 is 4.74 Å². The average molecular weight is 297 g/mol. The molecule has 0 saturated heterocycles. The standard InChI is InChI=1S/C15H15N5O2/c1-4-22-14(21)11-8-9(2)18-13-12(11)10(3)19-20(13)15-16-6-5-7-17-15/h5-8H,4H2,1-3H3. The molecule has 3 aromatic heterocycles. The Bertz CT molecular complexity index is 842. The van der Waals surface area contributed by atoms with Crippen molar-refractivity contribution >= 4 is 17.0 Å². The highest BCUT2D eigenvalue weighted by Gasteiger charge is 2.20. The largest absolute Gasteiger partial charge is 0.462 e. The molecule has 0 spiro atoms. The first-order valence-corrected chi connectivity index (χ1v) is 6.93. The number of carbonyl (C=O) groups excluding carboxylic acids is 1. The highest BCUT2D eigenvalue weighted by atomic mass is 16.5. The average Bonchev–Trinajstić information content (AvgIpc) is 2.84. The molecule has 0 amide bonds. The van der Waals surface area contributed by atoms with Crippen molar-refractivity contribution in [2.24, 2.45) is 0 Å². The van der Waals surface area contributed by atoms with E-state index in [0.29, 0.717) is 40.5 Å². The van der Waals surface area contributed by atoms with Gasteiger partial charge in [-0.05, 0) is 32.9 Å². The van der Waals surface area contributed by atoms with Crippen molar-refractivity contribution in [3.05, 3.63) is 41.5 Å². The maximum Gasteiger partial charge on any atom is 0.339 e. The van der Waals surface area contributed by atoms with Crippen LogP contribution in [0.15, 0.2) is 24.5 Å². The Kier molecular flexibility index (Phi) is 3.54. The summed E-state index contributed by atoms with van der Waals surface area (Å²) < 4.78 is 6.67. The van der Waals surface area contributed by atoms with Gasteiger partial charge in [0.25, 0.3) is 5.95 Å². The van der Waals surface area contributed by atoms with E-state index in [4.69, 9.17) is 4.74 Å². The van der Waals surface area contributed by atoms with E-state index in [1.807, 2.05) is 13.8 Å². The van der Waals surface area contributed by atoms with Crippen molar-refractivity contribution in [1.82, 2.24) is 24.7 Å². The van der Waals surface area contributed by atoms with Gasteiger partial charge in [-0.15, -0.1) is 0 Å². The molecule has 0 aromatic carbocycles. The number of nitrogens with zero attached hydrogens (tertiary/aromatic N) is 5. The van der Waals surface area contributed by atoms with Crippen molar-refractivity contribution in [3.63, 3.8) is 0 Å². The first-order chi connectivity index (χ1) is 10.6. The molecule has 0 bridgehead atoms. The Hall–Kier alpha value is -2.83. The van der Waals surface area contributed by atoms with Crippen LogP contribution >= 0.6 is 0 Å². The van der Waals surface area contributed by atoms with Crippen LogP contribution in [0.3, 0.4) is 0 Å². The predicted octanol–water partition coefficient (Wildman–Crippen LogP) is 2.00. The Morgan fingerprint density at radius 2 is 2.00 bits per heavy atom. The number of aryl methyl sites for hydroxylation is 2. The highest BCUT2D eigenvalue weighted by molar-refractivity contribution is 6.04. The van der Waals surface area contributed by atoms with E-state index < -0.39 is 0 Å². The van der Waals surface area contributed by atoms with Crippen molar-refractivity contribution in [1.29, 1.82) is 0 Å². The number of rotatable bonds is 3. The van der Waals surface area contributed by atoms with Crippen molar-refractivity contribution in [2.75, 3.05) is 6.61 Å². The molecule has 22 heavy (non-hydrogen) atoms. The molecule has 7 nitrogen and oxygen atoms in total. The summed E-state index contributed by atoms with van der Waals surface area (Å²) in [4.78, 5) is 25.1. The highest BCUT2D eigenvalue weighted by Crippen LogP contribution is 2.24. The van der Waals surface area contributed by atoms with E-state index in [1.54, 1.807) is 36.1 Å². The topological polar surface area (TPSA) is 82.8 Å². The van der Waals surface area contributed by atoms with Gasteiger partial charge in [0.05, 0.1) is 23.3 Å². The van der Waals surface area contributed by atoms with Crippen LogP contribution in [0.5, 0.6) is 0 Å². The maximum atomic E-state index is 12.2. The molecule has 0 unspecified atom stereocenters. The molecule has 0 aliphatic heterocycles. The van der Waals surface area contributed by atoms with E-state index in [9.17, 15) is 4.79 Å². The predicted molar refractivity (Wildman–Crippen MR) is 79.9 cm³/mol. The molecule has 0 saturated carbocycles. The monoisotopic (exact) mass is 297 g/mol. The Balaban J connectivity index is 2.29. The lowest BCUT2D eigenvalue weighted by Crippen LogP contribution is -2.08. The Labute approximate surface area is 127 Å². The normalized spacial score (nSPS) is 10.9. The van der Waals surface area contributed by atoms with Gasteiger partial charge in [0.15, 0.2) is 5.65 Å². The lowest BCUT2D eigenvalue weighted by Gasteiger charge is -2.05. The summed E-state index contributed by atoms with van der Waals surface area (Å²) in [5.41, 5.74) is 2.39. The number of fused-ring (bicyclic) bond motifs is 1. The SMILES string of the molecule is CCOC(=O)c1cc(C)nc2c1c(C)nn2-c1ncccn1. The molecule has 0 aliphatic carbocycles. The molecule has 0 atom stereocenters. The minimum atomic E-state index is -0.380. The smallest absolute Gasteiger partial charge is 0.339 e. The molecule has 0 aliphatic rings. The number of carbonyl (C=O) groups is 1. The van der Waals surface area contributed by atoms with E-state index >= 15 is 0 Å². The second-order valence-electron chi connectivity index (χ2n) is 4.78. The zero-order valence-corrected chi connectivity index (χ0v) is 12.6. The second kappa shape index (κ2) is 5.51. The molecule has 7 heteroatoms. The fourth-order valence-corrected chi connectivity index (χ4v) is 2.32. The van der Waals surface area contributed by atoms with Gasteiger partial charge in [0.2, 0.25) is 0 Å². The van der Waals surface area contributed by atoms with Crippen LogP contribution < -0.4 is 0 Å². The summed E-state index contributed by atoms with van der Waals surface area (Å²) in [7, 11) is 0. The van der Waals surface area contributed by atoms with Crippen LogP contribution in [0.2, 0.25) is 0 Å². The van der Waals surface area contributed by atoms with E-state index in [2.05, 4.69) is 20.1 Å². The van der Waals surface area contributed by atoms with Crippen molar-refractivity contribution in [2.45, 2.75) is 20.8 Å². The van der Waals surface area contributed by atoms with Gasteiger partial charge >= 0.3 is 5.97 Å². The third kappa shape index (κ3) is 2.30. The zero-order chi connectivity index (χ0) is 15.7. The fraction of sp³-hybridized carbons (Fsp3) is 0.267. The zero-order valence-electron chi connectivity index (χ0n) is 12.6. The lowest BCUT2D eigenvalue weighted by atomic mass is 10.1. The van der Waals surface area contributed by atoms with Crippen LogP contribution in [0.1, 0.15) is 28.7 Å². The van der Waals surface area contributed by atoms with E-state index in [-0.39, 0.29) is 5.97 Å². The Morgan fingerprint density at radius 1 is 1.27 bits per heavy atom. The van der Waals surface area contributed by atoms with Gasteiger partial charge in [-0.3, -0.25) is 0 Å². The summed E-state index contributed by atoms with van der Waals surface area (Å²) in [5, 5.41) is 5.09. The molecule has 0 fully saturated rings. The third-order valence-corrected chi connectivity index (χ3v) is 3.18. The molecule has 112 valence electrons. The lowest BCUT2D eigenvalue weighted by molar-refractivity contribution is 0.0528. The molecule has 3 heterocycles. The number of esters is 1.